The highest BCUT2D eigenvalue weighted by atomic mass is 32.2. The van der Waals surface area contributed by atoms with Crippen molar-refractivity contribution in [3.63, 3.8) is 0 Å². The molecule has 2 N–H and O–H groups in total. The highest BCUT2D eigenvalue weighted by Crippen LogP contribution is 2.17. The molecule has 2 atom stereocenters. The van der Waals surface area contributed by atoms with Crippen molar-refractivity contribution >= 4 is 15.9 Å². The lowest BCUT2D eigenvalue weighted by Gasteiger charge is -2.33. The Hall–Kier alpha value is -0.860. The van der Waals surface area contributed by atoms with Crippen molar-refractivity contribution < 1.29 is 17.9 Å². The zero-order valence-corrected chi connectivity index (χ0v) is 14.9. The van der Waals surface area contributed by atoms with E-state index in [4.69, 9.17) is 4.74 Å². The second kappa shape index (κ2) is 8.30. The first-order valence-corrected chi connectivity index (χ1v) is 10.2. The molecule has 0 unspecified atom stereocenters. The Morgan fingerprint density at radius 3 is 2.70 bits per heavy atom. The van der Waals surface area contributed by atoms with Crippen LogP contribution < -0.4 is 10.6 Å². The Kier molecular flexibility index (Phi) is 6.67. The summed E-state index contributed by atoms with van der Waals surface area (Å²) >= 11 is 0. The van der Waals surface area contributed by atoms with E-state index in [2.05, 4.69) is 29.4 Å². The molecule has 2 amide bonds. The quantitative estimate of drug-likeness (QED) is 0.710. The first kappa shape index (κ1) is 18.5. The smallest absolute Gasteiger partial charge is 0.314 e. The van der Waals surface area contributed by atoms with E-state index >= 15 is 0 Å². The predicted octanol–water partition coefficient (Wildman–Crippen LogP) is 0.0771. The van der Waals surface area contributed by atoms with Crippen molar-refractivity contribution in [1.29, 1.82) is 0 Å². The van der Waals surface area contributed by atoms with Gasteiger partial charge in [0.15, 0.2) is 9.84 Å². The summed E-state index contributed by atoms with van der Waals surface area (Å²) < 4.78 is 28.4. The second-order valence-electron chi connectivity index (χ2n) is 7.01. The monoisotopic (exact) mass is 347 g/mol. The Bertz CT molecular complexity index is 495. The van der Waals surface area contributed by atoms with Gasteiger partial charge in [0.2, 0.25) is 0 Å². The minimum atomic E-state index is -2.89. The van der Waals surface area contributed by atoms with Crippen LogP contribution in [-0.2, 0) is 14.6 Å². The maximum Gasteiger partial charge on any atom is 0.314 e. The molecule has 134 valence electrons. The van der Waals surface area contributed by atoms with Crippen LogP contribution in [0.1, 0.15) is 20.3 Å². The van der Waals surface area contributed by atoms with E-state index in [0.717, 1.165) is 19.6 Å². The van der Waals surface area contributed by atoms with Gasteiger partial charge in [-0.2, -0.15) is 0 Å². The molecular weight excluding hydrogens is 318 g/mol. The summed E-state index contributed by atoms with van der Waals surface area (Å²) in [4.78, 5) is 14.2. The van der Waals surface area contributed by atoms with E-state index < -0.39 is 9.84 Å². The van der Waals surface area contributed by atoms with Gasteiger partial charge in [-0.1, -0.05) is 13.8 Å². The zero-order chi connectivity index (χ0) is 16.9. The number of nitrogens with zero attached hydrogens (tertiary/aromatic N) is 1. The highest BCUT2D eigenvalue weighted by molar-refractivity contribution is 7.91. The standard InChI is InChI=1S/C15H29N3O4S/c1-12(2)9-18-4-5-22-14(10-18)8-17-15(19)16-7-13-3-6-23(20,21)11-13/h12-14H,3-11H2,1-2H3,(H2,16,17,19)/t13-,14-/m1/s1. The molecule has 2 rings (SSSR count). The second-order valence-corrected chi connectivity index (χ2v) is 9.23. The van der Waals surface area contributed by atoms with Crippen LogP contribution in [0.5, 0.6) is 0 Å². The summed E-state index contributed by atoms with van der Waals surface area (Å²) in [5.41, 5.74) is 0. The fourth-order valence-electron chi connectivity index (χ4n) is 3.13. The van der Waals surface area contributed by atoms with Crippen molar-refractivity contribution in [2.45, 2.75) is 26.4 Å². The molecule has 0 bridgehead atoms. The van der Waals surface area contributed by atoms with Crippen molar-refractivity contribution in [3.8, 4) is 0 Å². The maximum atomic E-state index is 11.8. The van der Waals surface area contributed by atoms with Crippen LogP contribution in [0.4, 0.5) is 4.79 Å². The van der Waals surface area contributed by atoms with E-state index in [-0.39, 0.29) is 29.6 Å². The maximum absolute atomic E-state index is 11.8. The molecule has 2 saturated heterocycles. The third kappa shape index (κ3) is 6.64. The Morgan fingerprint density at radius 1 is 1.30 bits per heavy atom. The number of carbonyl (C=O) groups is 1. The van der Waals surface area contributed by atoms with Gasteiger partial charge in [-0.25, -0.2) is 13.2 Å². The number of urea groups is 1. The van der Waals surface area contributed by atoms with Crippen LogP contribution in [0.3, 0.4) is 0 Å². The van der Waals surface area contributed by atoms with Gasteiger partial charge in [0.25, 0.3) is 0 Å². The minimum absolute atomic E-state index is 0.0140. The molecule has 0 radical (unpaired) electrons. The summed E-state index contributed by atoms with van der Waals surface area (Å²) in [6, 6.07) is -0.251. The third-order valence-electron chi connectivity index (χ3n) is 4.21. The van der Waals surface area contributed by atoms with Crippen molar-refractivity contribution in [3.05, 3.63) is 0 Å². The zero-order valence-electron chi connectivity index (χ0n) is 14.1. The average molecular weight is 347 g/mol. The van der Waals surface area contributed by atoms with E-state index in [9.17, 15) is 13.2 Å². The lowest BCUT2D eigenvalue weighted by atomic mass is 10.1. The fourth-order valence-corrected chi connectivity index (χ4v) is 4.99. The van der Waals surface area contributed by atoms with Crippen molar-refractivity contribution in [1.82, 2.24) is 15.5 Å². The van der Waals surface area contributed by atoms with Gasteiger partial charge in [-0.15, -0.1) is 0 Å². The van der Waals surface area contributed by atoms with Gasteiger partial charge in [-0.3, -0.25) is 4.90 Å². The largest absolute Gasteiger partial charge is 0.374 e. The van der Waals surface area contributed by atoms with E-state index in [1.54, 1.807) is 0 Å². The lowest BCUT2D eigenvalue weighted by Crippen LogP contribution is -2.50. The van der Waals surface area contributed by atoms with Crippen LogP contribution in [0.2, 0.25) is 0 Å². The van der Waals surface area contributed by atoms with Gasteiger partial charge in [0.1, 0.15) is 0 Å². The van der Waals surface area contributed by atoms with Crippen molar-refractivity contribution in [2.24, 2.45) is 11.8 Å². The normalized spacial score (nSPS) is 28.0. The van der Waals surface area contributed by atoms with Crippen LogP contribution in [-0.4, -0.2) is 76.3 Å². The number of ether oxygens (including phenoxy) is 1. The lowest BCUT2D eigenvalue weighted by molar-refractivity contribution is -0.0290. The fraction of sp³-hybridized carbons (Fsp3) is 0.933. The molecule has 23 heavy (non-hydrogen) atoms. The third-order valence-corrected chi connectivity index (χ3v) is 6.05. The molecular formula is C15H29N3O4S. The molecule has 0 aromatic rings. The van der Waals surface area contributed by atoms with E-state index in [1.807, 2.05) is 0 Å². The molecule has 0 aromatic heterocycles. The van der Waals surface area contributed by atoms with E-state index in [1.165, 1.54) is 0 Å². The molecule has 7 nitrogen and oxygen atoms in total. The molecule has 2 aliphatic heterocycles. The molecule has 0 saturated carbocycles. The average Bonchev–Trinajstić information content (AvgIpc) is 2.82. The highest BCUT2D eigenvalue weighted by Gasteiger charge is 2.28. The van der Waals surface area contributed by atoms with Gasteiger partial charge in [0, 0.05) is 32.7 Å². The molecule has 2 aliphatic rings. The van der Waals surface area contributed by atoms with Gasteiger partial charge in [0.05, 0.1) is 24.2 Å². The summed E-state index contributed by atoms with van der Waals surface area (Å²) in [6.07, 6.45) is 0.651. The van der Waals surface area contributed by atoms with Gasteiger partial charge in [-0.05, 0) is 18.3 Å². The van der Waals surface area contributed by atoms with E-state index in [0.29, 0.717) is 32.0 Å². The summed E-state index contributed by atoms with van der Waals surface area (Å²) in [5.74, 6) is 1.08. The van der Waals surface area contributed by atoms with Crippen LogP contribution >= 0.6 is 0 Å². The predicted molar refractivity (Wildman–Crippen MR) is 89.2 cm³/mol. The van der Waals surface area contributed by atoms with Crippen molar-refractivity contribution in [2.75, 3.05) is 50.8 Å². The SMILES string of the molecule is CC(C)CN1CCO[C@H](CNC(=O)NC[C@H]2CCS(=O)(=O)C2)C1. The number of nitrogens with one attached hydrogen (secondary N) is 2. The topological polar surface area (TPSA) is 87.7 Å². The van der Waals surface area contributed by atoms with Crippen LogP contribution in [0.25, 0.3) is 0 Å². The Labute approximate surface area is 139 Å². The number of sulfone groups is 1. The first-order valence-electron chi connectivity index (χ1n) is 8.40. The molecule has 0 spiro atoms. The summed E-state index contributed by atoms with van der Waals surface area (Å²) in [6.45, 7) is 8.79. The summed E-state index contributed by atoms with van der Waals surface area (Å²) in [5, 5.41) is 5.58. The Balaban J connectivity index is 1.62. The van der Waals surface area contributed by atoms with Crippen LogP contribution in [0.15, 0.2) is 0 Å². The van der Waals surface area contributed by atoms with Crippen LogP contribution in [0, 0.1) is 11.8 Å². The number of hydrogen-bond acceptors (Lipinski definition) is 5. The molecule has 0 aromatic carbocycles. The molecule has 8 heteroatoms. The molecule has 2 fully saturated rings. The molecule has 2 heterocycles. The molecule has 0 aliphatic carbocycles. The van der Waals surface area contributed by atoms with Gasteiger partial charge < -0.3 is 15.4 Å². The van der Waals surface area contributed by atoms with Gasteiger partial charge >= 0.3 is 6.03 Å². The number of rotatable bonds is 6. The minimum Gasteiger partial charge on any atom is -0.374 e. The number of hydrogen-bond donors (Lipinski definition) is 2. The Morgan fingerprint density at radius 2 is 2.04 bits per heavy atom. The first-order chi connectivity index (χ1) is 10.8. The number of carbonyl (C=O) groups excluding carboxylic acids is 1. The summed E-state index contributed by atoms with van der Waals surface area (Å²) in [7, 11) is -2.89. The number of morpholine rings is 1. The number of amides is 2.